The summed E-state index contributed by atoms with van der Waals surface area (Å²) in [6.07, 6.45) is -2.51. The van der Waals surface area contributed by atoms with Crippen LogP contribution in [0, 0.1) is 0 Å². The number of rotatable bonds is 3. The molecule has 0 saturated heterocycles. The Bertz CT molecular complexity index is 334. The van der Waals surface area contributed by atoms with Crippen LogP contribution in [-0.4, -0.2) is 16.3 Å². The second kappa shape index (κ2) is 4.52. The minimum Gasteiger partial charge on any atom is -0.330 e. The Morgan fingerprint density at radius 1 is 1.60 bits per heavy atom. The molecule has 3 nitrogen and oxygen atoms in total. The molecular formula is C8H11BrF3N3. The SMILES string of the molecule is CC(CCN)n1cc(Br)c(C(F)(F)F)n1. The van der Waals surface area contributed by atoms with Crippen molar-refractivity contribution in [3.05, 3.63) is 16.4 Å². The van der Waals surface area contributed by atoms with Gasteiger partial charge in [0.1, 0.15) is 0 Å². The monoisotopic (exact) mass is 285 g/mol. The van der Waals surface area contributed by atoms with Crippen LogP contribution in [0.25, 0.3) is 0 Å². The quantitative estimate of drug-likeness (QED) is 0.928. The Hall–Kier alpha value is -0.560. The fourth-order valence-corrected chi connectivity index (χ4v) is 1.67. The molecule has 1 aromatic rings. The fourth-order valence-electron chi connectivity index (χ4n) is 1.16. The average Bonchev–Trinajstić information content (AvgIpc) is 2.47. The van der Waals surface area contributed by atoms with E-state index >= 15 is 0 Å². The molecule has 0 aliphatic carbocycles. The molecule has 0 aliphatic heterocycles. The molecule has 0 bridgehead atoms. The van der Waals surface area contributed by atoms with E-state index in [0.29, 0.717) is 13.0 Å². The van der Waals surface area contributed by atoms with Crippen LogP contribution in [0.4, 0.5) is 13.2 Å². The third-order valence-electron chi connectivity index (χ3n) is 1.99. The van der Waals surface area contributed by atoms with Crippen molar-refractivity contribution in [1.29, 1.82) is 0 Å². The first kappa shape index (κ1) is 12.5. The number of nitrogens with two attached hydrogens (primary N) is 1. The third kappa shape index (κ3) is 2.94. The highest BCUT2D eigenvalue weighted by atomic mass is 79.9. The molecule has 2 N–H and O–H groups in total. The highest BCUT2D eigenvalue weighted by Gasteiger charge is 2.36. The fraction of sp³-hybridized carbons (Fsp3) is 0.625. The highest BCUT2D eigenvalue weighted by molar-refractivity contribution is 9.10. The highest BCUT2D eigenvalue weighted by Crippen LogP contribution is 2.34. The summed E-state index contributed by atoms with van der Waals surface area (Å²) in [4.78, 5) is 0. The molecule has 0 aromatic carbocycles. The van der Waals surface area contributed by atoms with Crippen LogP contribution in [0.5, 0.6) is 0 Å². The predicted molar refractivity (Wildman–Crippen MR) is 53.3 cm³/mol. The van der Waals surface area contributed by atoms with E-state index in [4.69, 9.17) is 5.73 Å². The largest absolute Gasteiger partial charge is 0.436 e. The molecule has 1 unspecified atom stereocenters. The van der Waals surface area contributed by atoms with Crippen molar-refractivity contribution < 1.29 is 13.2 Å². The van der Waals surface area contributed by atoms with E-state index in [2.05, 4.69) is 21.0 Å². The van der Waals surface area contributed by atoms with Crippen LogP contribution < -0.4 is 5.73 Å². The lowest BCUT2D eigenvalue weighted by atomic mass is 10.2. The zero-order valence-electron chi connectivity index (χ0n) is 8.05. The van der Waals surface area contributed by atoms with Gasteiger partial charge in [-0.2, -0.15) is 18.3 Å². The van der Waals surface area contributed by atoms with Crippen molar-refractivity contribution >= 4 is 15.9 Å². The number of hydrogen-bond donors (Lipinski definition) is 1. The van der Waals surface area contributed by atoms with E-state index in [-0.39, 0.29) is 10.5 Å². The number of hydrogen-bond acceptors (Lipinski definition) is 2. The normalized spacial score (nSPS) is 14.3. The summed E-state index contributed by atoms with van der Waals surface area (Å²) < 4.78 is 38.4. The maximum atomic E-state index is 12.4. The van der Waals surface area contributed by atoms with Crippen LogP contribution in [0.1, 0.15) is 25.1 Å². The third-order valence-corrected chi connectivity index (χ3v) is 2.57. The Labute approximate surface area is 93.6 Å². The van der Waals surface area contributed by atoms with Crippen LogP contribution in [0.2, 0.25) is 0 Å². The van der Waals surface area contributed by atoms with Crippen molar-refractivity contribution in [1.82, 2.24) is 9.78 Å². The number of alkyl halides is 3. The van der Waals surface area contributed by atoms with E-state index < -0.39 is 11.9 Å². The lowest BCUT2D eigenvalue weighted by Gasteiger charge is -2.10. The van der Waals surface area contributed by atoms with Gasteiger partial charge in [-0.3, -0.25) is 4.68 Å². The second-order valence-electron chi connectivity index (χ2n) is 3.23. The lowest BCUT2D eigenvalue weighted by Crippen LogP contribution is -2.13. The zero-order chi connectivity index (χ0) is 11.6. The molecular weight excluding hydrogens is 275 g/mol. The van der Waals surface area contributed by atoms with Crippen LogP contribution in [0.15, 0.2) is 10.7 Å². The molecule has 1 heterocycles. The van der Waals surface area contributed by atoms with E-state index in [9.17, 15) is 13.2 Å². The molecule has 1 aromatic heterocycles. The van der Waals surface area contributed by atoms with Crippen LogP contribution in [0.3, 0.4) is 0 Å². The topological polar surface area (TPSA) is 43.8 Å². The summed E-state index contributed by atoms with van der Waals surface area (Å²) >= 11 is 2.84. The smallest absolute Gasteiger partial charge is 0.330 e. The van der Waals surface area contributed by atoms with E-state index in [0.717, 1.165) is 0 Å². The molecule has 1 rings (SSSR count). The first-order valence-corrected chi connectivity index (χ1v) is 5.17. The Balaban J connectivity index is 2.95. The molecule has 0 saturated carbocycles. The number of aromatic nitrogens is 2. The summed E-state index contributed by atoms with van der Waals surface area (Å²) in [6, 6.07) is -0.137. The van der Waals surface area contributed by atoms with Gasteiger partial charge in [-0.05, 0) is 35.8 Å². The van der Waals surface area contributed by atoms with Gasteiger partial charge in [0, 0.05) is 6.20 Å². The second-order valence-corrected chi connectivity index (χ2v) is 4.08. The van der Waals surface area contributed by atoms with E-state index in [1.165, 1.54) is 10.9 Å². The zero-order valence-corrected chi connectivity index (χ0v) is 9.64. The molecule has 0 spiro atoms. The van der Waals surface area contributed by atoms with Crippen molar-refractivity contribution in [2.75, 3.05) is 6.54 Å². The van der Waals surface area contributed by atoms with E-state index in [1.54, 1.807) is 6.92 Å². The molecule has 0 radical (unpaired) electrons. The van der Waals surface area contributed by atoms with Gasteiger partial charge >= 0.3 is 6.18 Å². The van der Waals surface area contributed by atoms with Gasteiger partial charge in [0.15, 0.2) is 5.69 Å². The average molecular weight is 286 g/mol. The first-order valence-electron chi connectivity index (χ1n) is 4.38. The Kier molecular flexibility index (Phi) is 3.77. The van der Waals surface area contributed by atoms with Gasteiger partial charge in [-0.15, -0.1) is 0 Å². The van der Waals surface area contributed by atoms with Crippen LogP contribution >= 0.6 is 15.9 Å². The minimum absolute atomic E-state index is 0.0427. The van der Waals surface area contributed by atoms with Gasteiger partial charge < -0.3 is 5.73 Å². The molecule has 7 heteroatoms. The summed E-state index contributed by atoms with van der Waals surface area (Å²) in [5.41, 5.74) is 4.43. The van der Waals surface area contributed by atoms with Crippen LogP contribution in [-0.2, 0) is 6.18 Å². The number of halogens is 4. The molecule has 86 valence electrons. The lowest BCUT2D eigenvalue weighted by molar-refractivity contribution is -0.142. The minimum atomic E-state index is -4.42. The Morgan fingerprint density at radius 2 is 2.20 bits per heavy atom. The standard InChI is InChI=1S/C8H11BrF3N3/c1-5(2-3-13)15-4-6(9)7(14-15)8(10,11)12/h4-5H,2-3,13H2,1H3. The summed E-state index contributed by atoms with van der Waals surface area (Å²) in [7, 11) is 0. The summed E-state index contributed by atoms with van der Waals surface area (Å²) in [5, 5.41) is 3.49. The van der Waals surface area contributed by atoms with Gasteiger partial charge in [-0.1, -0.05) is 0 Å². The van der Waals surface area contributed by atoms with E-state index in [1.807, 2.05) is 0 Å². The molecule has 0 fully saturated rings. The predicted octanol–water partition coefficient (Wildman–Crippen LogP) is 2.57. The first-order chi connectivity index (χ1) is 6.86. The van der Waals surface area contributed by atoms with Gasteiger partial charge in [-0.25, -0.2) is 0 Å². The Morgan fingerprint density at radius 3 is 2.60 bits per heavy atom. The van der Waals surface area contributed by atoms with Gasteiger partial charge in [0.2, 0.25) is 0 Å². The van der Waals surface area contributed by atoms with Crippen molar-refractivity contribution in [2.45, 2.75) is 25.6 Å². The molecule has 15 heavy (non-hydrogen) atoms. The number of nitrogens with zero attached hydrogens (tertiary/aromatic N) is 2. The molecule has 1 atom stereocenters. The molecule has 0 aliphatic rings. The van der Waals surface area contributed by atoms with Crippen molar-refractivity contribution in [3.8, 4) is 0 Å². The summed E-state index contributed by atoms with van der Waals surface area (Å²) in [5.74, 6) is 0. The van der Waals surface area contributed by atoms with Crippen molar-refractivity contribution in [2.24, 2.45) is 5.73 Å². The maximum absolute atomic E-state index is 12.4. The molecule has 0 amide bonds. The van der Waals surface area contributed by atoms with Gasteiger partial charge in [0.05, 0.1) is 10.5 Å². The van der Waals surface area contributed by atoms with Crippen molar-refractivity contribution in [3.63, 3.8) is 0 Å². The van der Waals surface area contributed by atoms with Gasteiger partial charge in [0.25, 0.3) is 0 Å². The maximum Gasteiger partial charge on any atom is 0.436 e. The summed E-state index contributed by atoms with van der Waals surface area (Å²) in [6.45, 7) is 2.19.